The van der Waals surface area contributed by atoms with Gasteiger partial charge < -0.3 is 14.2 Å². The molecule has 0 amide bonds. The molecule has 3 aromatic rings. The van der Waals surface area contributed by atoms with Crippen molar-refractivity contribution in [2.45, 2.75) is 12.5 Å². The predicted octanol–water partition coefficient (Wildman–Crippen LogP) is 6.18. The Bertz CT molecular complexity index is 915. The number of alkyl halides is 1. The molecule has 3 rings (SSSR count). The third-order valence-electron chi connectivity index (χ3n) is 3.93. The van der Waals surface area contributed by atoms with Gasteiger partial charge in [0.25, 0.3) is 0 Å². The number of benzene rings is 3. The highest BCUT2D eigenvalue weighted by Crippen LogP contribution is 2.23. The van der Waals surface area contributed by atoms with Crippen LogP contribution in [-0.4, -0.2) is 14.2 Å². The van der Waals surface area contributed by atoms with Gasteiger partial charge in [0.2, 0.25) is 0 Å². The monoisotopic (exact) mass is 521 g/mol. The van der Waals surface area contributed by atoms with Crippen LogP contribution in [0.25, 0.3) is 0 Å². The van der Waals surface area contributed by atoms with E-state index in [0.717, 1.165) is 31.9 Å². The Morgan fingerprint density at radius 1 is 0.862 bits per heavy atom. The van der Waals surface area contributed by atoms with Crippen molar-refractivity contribution in [3.63, 3.8) is 0 Å². The lowest BCUT2D eigenvalue weighted by Crippen LogP contribution is -1.97. The van der Waals surface area contributed by atoms with Crippen LogP contribution in [0.4, 0.5) is 0 Å². The molecule has 6 heteroatoms. The summed E-state index contributed by atoms with van der Waals surface area (Å²) in [5, 5.41) is 8.87. The maximum atomic E-state index is 8.87. The molecule has 0 heterocycles. The van der Waals surface area contributed by atoms with Gasteiger partial charge in [-0.25, -0.2) is 0 Å². The van der Waals surface area contributed by atoms with Crippen molar-refractivity contribution in [3.8, 4) is 23.3 Å². The normalized spacial score (nSPS) is 9.62. The highest BCUT2D eigenvalue weighted by molar-refractivity contribution is 14.1. The predicted molar refractivity (Wildman–Crippen MR) is 124 cm³/mol. The van der Waals surface area contributed by atoms with E-state index in [9.17, 15) is 0 Å². The van der Waals surface area contributed by atoms with E-state index in [-0.39, 0.29) is 0 Å². The standard InChI is InChI=1S/C15H12INO2.C8H9ClO/c1-18-13-5-2-11(3-6-13)10-19-15-8-12(9-17)4-7-14(15)16;1-10-8-4-2-7(6-9)3-5-8/h2-8H,10H2,1H3;2-5H,6H2,1H3. The second-order valence-electron chi connectivity index (χ2n) is 5.88. The Hall–Kier alpha value is -2.43. The molecule has 29 heavy (non-hydrogen) atoms. The van der Waals surface area contributed by atoms with Crippen molar-refractivity contribution in [2.75, 3.05) is 14.2 Å². The molecule has 4 nitrogen and oxygen atoms in total. The van der Waals surface area contributed by atoms with Crippen molar-refractivity contribution in [3.05, 3.63) is 87.0 Å². The molecule has 0 spiro atoms. The number of nitrogens with zero attached hydrogens (tertiary/aromatic N) is 1. The van der Waals surface area contributed by atoms with Gasteiger partial charge in [-0.2, -0.15) is 5.26 Å². The summed E-state index contributed by atoms with van der Waals surface area (Å²) in [6.07, 6.45) is 0. The van der Waals surface area contributed by atoms with Crippen molar-refractivity contribution < 1.29 is 14.2 Å². The summed E-state index contributed by atoms with van der Waals surface area (Å²) in [5.74, 6) is 2.98. The minimum atomic E-state index is 0.467. The molecule has 150 valence electrons. The number of hydrogen-bond donors (Lipinski definition) is 0. The molecule has 3 aromatic carbocycles. The molecule has 0 aliphatic rings. The summed E-state index contributed by atoms with van der Waals surface area (Å²) in [6.45, 7) is 0.467. The average molecular weight is 522 g/mol. The number of nitriles is 1. The first-order valence-corrected chi connectivity index (χ1v) is 10.3. The van der Waals surface area contributed by atoms with Gasteiger partial charge in [-0.3, -0.25) is 0 Å². The van der Waals surface area contributed by atoms with Crippen molar-refractivity contribution in [2.24, 2.45) is 0 Å². The lowest BCUT2D eigenvalue weighted by atomic mass is 10.2. The van der Waals surface area contributed by atoms with E-state index >= 15 is 0 Å². The molecular formula is C23H21ClINO3. The summed E-state index contributed by atoms with van der Waals surface area (Å²) in [5.41, 5.74) is 2.77. The smallest absolute Gasteiger partial charge is 0.134 e. The molecular weight excluding hydrogens is 501 g/mol. The largest absolute Gasteiger partial charge is 0.497 e. The maximum absolute atomic E-state index is 8.87. The third-order valence-corrected chi connectivity index (χ3v) is 5.13. The van der Waals surface area contributed by atoms with Gasteiger partial charge in [0.05, 0.1) is 29.4 Å². The Morgan fingerprint density at radius 2 is 1.41 bits per heavy atom. The number of ether oxygens (including phenoxy) is 3. The lowest BCUT2D eigenvalue weighted by molar-refractivity contribution is 0.303. The van der Waals surface area contributed by atoms with E-state index in [4.69, 9.17) is 31.1 Å². The molecule has 0 unspecified atom stereocenters. The van der Waals surface area contributed by atoms with Gasteiger partial charge in [-0.15, -0.1) is 11.6 Å². The molecule has 0 saturated carbocycles. The van der Waals surface area contributed by atoms with Crippen molar-refractivity contribution in [1.82, 2.24) is 0 Å². The Morgan fingerprint density at radius 3 is 1.90 bits per heavy atom. The van der Waals surface area contributed by atoms with E-state index in [2.05, 4.69) is 28.7 Å². The fourth-order valence-electron chi connectivity index (χ4n) is 2.28. The second kappa shape index (κ2) is 12.2. The summed E-state index contributed by atoms with van der Waals surface area (Å²) < 4.78 is 16.8. The van der Waals surface area contributed by atoms with E-state index in [1.54, 1.807) is 26.4 Å². The molecule has 0 radical (unpaired) electrons. The van der Waals surface area contributed by atoms with E-state index in [1.165, 1.54) is 0 Å². The van der Waals surface area contributed by atoms with Crippen LogP contribution >= 0.6 is 34.2 Å². The summed E-state index contributed by atoms with van der Waals surface area (Å²) in [6, 6.07) is 22.9. The Kier molecular flexibility index (Phi) is 9.62. The molecule has 0 N–H and O–H groups in total. The molecule has 0 aliphatic carbocycles. The van der Waals surface area contributed by atoms with Crippen LogP contribution < -0.4 is 14.2 Å². The van der Waals surface area contributed by atoms with Gasteiger partial charge in [-0.1, -0.05) is 24.3 Å². The minimum Gasteiger partial charge on any atom is -0.497 e. The zero-order valence-corrected chi connectivity index (χ0v) is 19.1. The Balaban J connectivity index is 0.000000253. The zero-order chi connectivity index (χ0) is 21.1. The fourth-order valence-corrected chi connectivity index (χ4v) is 2.95. The topological polar surface area (TPSA) is 51.5 Å². The number of methoxy groups -OCH3 is 2. The average Bonchev–Trinajstić information content (AvgIpc) is 2.79. The van der Waals surface area contributed by atoms with E-state index in [0.29, 0.717) is 18.1 Å². The minimum absolute atomic E-state index is 0.467. The van der Waals surface area contributed by atoms with E-state index in [1.807, 2.05) is 54.6 Å². The van der Waals surface area contributed by atoms with Crippen LogP contribution in [0, 0.1) is 14.9 Å². The number of hydrogen-bond acceptors (Lipinski definition) is 4. The molecule has 0 bridgehead atoms. The SMILES string of the molecule is COc1ccc(CCl)cc1.COc1ccc(COc2cc(C#N)ccc2I)cc1. The third kappa shape index (κ3) is 7.48. The van der Waals surface area contributed by atoms with Crippen LogP contribution in [0.5, 0.6) is 17.2 Å². The molecule has 0 fully saturated rings. The molecule has 0 aliphatic heterocycles. The second-order valence-corrected chi connectivity index (χ2v) is 7.30. The lowest BCUT2D eigenvalue weighted by Gasteiger charge is -2.09. The highest BCUT2D eigenvalue weighted by atomic mass is 127. The van der Waals surface area contributed by atoms with Crippen molar-refractivity contribution >= 4 is 34.2 Å². The van der Waals surface area contributed by atoms with Gasteiger partial charge in [0.1, 0.15) is 23.9 Å². The van der Waals surface area contributed by atoms with Crippen LogP contribution in [-0.2, 0) is 12.5 Å². The first-order valence-electron chi connectivity index (χ1n) is 8.74. The quantitative estimate of drug-likeness (QED) is 0.287. The summed E-state index contributed by atoms with van der Waals surface area (Å²) in [7, 11) is 3.29. The summed E-state index contributed by atoms with van der Waals surface area (Å²) in [4.78, 5) is 0. The first-order chi connectivity index (χ1) is 14.1. The Labute approximate surface area is 190 Å². The zero-order valence-electron chi connectivity index (χ0n) is 16.2. The van der Waals surface area contributed by atoms with Crippen LogP contribution in [0.2, 0.25) is 0 Å². The number of rotatable bonds is 6. The molecule has 0 aromatic heterocycles. The molecule has 0 atom stereocenters. The van der Waals surface area contributed by atoms with Crippen LogP contribution in [0.15, 0.2) is 66.7 Å². The van der Waals surface area contributed by atoms with Gasteiger partial charge in [0.15, 0.2) is 0 Å². The van der Waals surface area contributed by atoms with Gasteiger partial charge >= 0.3 is 0 Å². The van der Waals surface area contributed by atoms with Crippen molar-refractivity contribution in [1.29, 1.82) is 5.26 Å². The fraction of sp³-hybridized carbons (Fsp3) is 0.174. The number of halogens is 2. The maximum Gasteiger partial charge on any atom is 0.134 e. The van der Waals surface area contributed by atoms with Crippen LogP contribution in [0.3, 0.4) is 0 Å². The first kappa shape index (κ1) is 22.9. The van der Waals surface area contributed by atoms with Crippen LogP contribution in [0.1, 0.15) is 16.7 Å². The molecule has 0 saturated heterocycles. The van der Waals surface area contributed by atoms with E-state index < -0.39 is 0 Å². The summed E-state index contributed by atoms with van der Waals surface area (Å²) >= 11 is 7.77. The van der Waals surface area contributed by atoms with Gasteiger partial charge in [0, 0.05) is 5.88 Å². The van der Waals surface area contributed by atoms with Gasteiger partial charge in [-0.05, 0) is 76.2 Å². The highest BCUT2D eigenvalue weighted by Gasteiger charge is 2.03.